The van der Waals surface area contributed by atoms with E-state index in [1.54, 1.807) is 0 Å². The molecule has 1 saturated carbocycles. The fraction of sp³-hybridized carbons (Fsp3) is 0.667. The van der Waals surface area contributed by atoms with Crippen molar-refractivity contribution in [1.82, 2.24) is 4.90 Å². The minimum atomic E-state index is 0.0476. The molecule has 2 atom stereocenters. The Kier molecular flexibility index (Phi) is 5.09. The molecule has 1 amide bonds. The molecule has 0 unspecified atom stereocenters. The van der Waals surface area contributed by atoms with Crippen molar-refractivity contribution in [3.8, 4) is 0 Å². The molecule has 2 N–H and O–H groups in total. The average molecular weight is 342 g/mol. The summed E-state index contributed by atoms with van der Waals surface area (Å²) >= 11 is 0. The molecule has 4 aliphatic rings. The van der Waals surface area contributed by atoms with Crippen LogP contribution in [0.3, 0.4) is 0 Å². The van der Waals surface area contributed by atoms with Crippen LogP contribution >= 0.6 is 0 Å². The largest absolute Gasteiger partial charge is 0.376 e. The van der Waals surface area contributed by atoms with E-state index in [1.807, 2.05) is 4.90 Å². The van der Waals surface area contributed by atoms with Gasteiger partial charge >= 0.3 is 0 Å². The van der Waals surface area contributed by atoms with Gasteiger partial charge in [-0.25, -0.2) is 0 Å². The predicted octanol–water partition coefficient (Wildman–Crippen LogP) is 2.99. The van der Waals surface area contributed by atoms with Crippen LogP contribution in [0.5, 0.6) is 0 Å². The van der Waals surface area contributed by atoms with Crippen LogP contribution in [0.25, 0.3) is 0 Å². The first-order chi connectivity index (χ1) is 12.2. The second-order valence-corrected chi connectivity index (χ2v) is 7.97. The highest BCUT2D eigenvalue weighted by molar-refractivity contribution is 5.77. The molecule has 0 spiro atoms. The highest BCUT2D eigenvalue weighted by Crippen LogP contribution is 2.36. The van der Waals surface area contributed by atoms with Gasteiger partial charge in [0.2, 0.25) is 5.91 Å². The molecule has 4 heteroatoms. The van der Waals surface area contributed by atoms with Crippen molar-refractivity contribution < 1.29 is 9.53 Å². The van der Waals surface area contributed by atoms with E-state index in [9.17, 15) is 4.79 Å². The second-order valence-electron chi connectivity index (χ2n) is 7.97. The molecule has 0 radical (unpaired) electrons. The molecule has 3 heterocycles. The molecule has 2 fully saturated rings. The van der Waals surface area contributed by atoms with E-state index in [0.717, 1.165) is 38.6 Å². The third-order valence-corrected chi connectivity index (χ3v) is 6.43. The molecule has 4 nitrogen and oxygen atoms in total. The van der Waals surface area contributed by atoms with E-state index in [1.165, 1.54) is 24.0 Å². The van der Waals surface area contributed by atoms with Gasteiger partial charge in [-0.15, -0.1) is 0 Å². The maximum absolute atomic E-state index is 12.9. The topological polar surface area (TPSA) is 55.6 Å². The van der Waals surface area contributed by atoms with Crippen LogP contribution in [0.15, 0.2) is 24.3 Å². The number of fused-ring (bicyclic) bond motifs is 5. The van der Waals surface area contributed by atoms with Crippen LogP contribution in [0.4, 0.5) is 0 Å². The van der Waals surface area contributed by atoms with Gasteiger partial charge in [0, 0.05) is 19.0 Å². The summed E-state index contributed by atoms with van der Waals surface area (Å²) in [5.41, 5.74) is 9.18. The number of amides is 1. The SMILES string of the molecule is N[C@H]1CCCN2C(=O)CCc3ccccc3C3CCC(CC3)OC[C@@H]12. The number of carbonyl (C=O) groups excluding carboxylic acids is 1. The van der Waals surface area contributed by atoms with Gasteiger partial charge in [-0.3, -0.25) is 4.79 Å². The summed E-state index contributed by atoms with van der Waals surface area (Å²) < 4.78 is 6.25. The maximum Gasteiger partial charge on any atom is 0.223 e. The Morgan fingerprint density at radius 2 is 1.84 bits per heavy atom. The van der Waals surface area contributed by atoms with E-state index in [0.29, 0.717) is 25.0 Å². The number of hydrogen-bond donors (Lipinski definition) is 1. The summed E-state index contributed by atoms with van der Waals surface area (Å²) in [6.07, 6.45) is 8.37. The Labute approximate surface area is 150 Å². The summed E-state index contributed by atoms with van der Waals surface area (Å²) in [7, 11) is 0. The third kappa shape index (κ3) is 3.61. The number of piperidine rings is 1. The molecule has 25 heavy (non-hydrogen) atoms. The Balaban J connectivity index is 1.61. The van der Waals surface area contributed by atoms with Crippen LogP contribution in [-0.4, -0.2) is 42.1 Å². The lowest BCUT2D eigenvalue weighted by Crippen LogP contribution is -2.56. The lowest BCUT2D eigenvalue weighted by Gasteiger charge is -2.40. The number of rotatable bonds is 0. The smallest absolute Gasteiger partial charge is 0.223 e. The van der Waals surface area contributed by atoms with Gasteiger partial charge in [-0.1, -0.05) is 24.3 Å². The van der Waals surface area contributed by atoms with Crippen molar-refractivity contribution in [3.05, 3.63) is 35.4 Å². The van der Waals surface area contributed by atoms with Gasteiger partial charge in [0.05, 0.1) is 18.8 Å². The number of carbonyl (C=O) groups is 1. The summed E-state index contributed by atoms with van der Waals surface area (Å²) in [6.45, 7) is 1.44. The number of benzene rings is 1. The number of nitrogens with zero attached hydrogens (tertiary/aromatic N) is 1. The van der Waals surface area contributed by atoms with Crippen LogP contribution < -0.4 is 5.73 Å². The van der Waals surface area contributed by atoms with Crippen molar-refractivity contribution >= 4 is 5.91 Å². The quantitative estimate of drug-likeness (QED) is 0.788. The van der Waals surface area contributed by atoms with E-state index in [-0.39, 0.29) is 18.0 Å². The predicted molar refractivity (Wildman–Crippen MR) is 98.4 cm³/mol. The molecule has 1 saturated heterocycles. The highest BCUT2D eigenvalue weighted by Gasteiger charge is 2.34. The Bertz CT molecular complexity index is 610. The van der Waals surface area contributed by atoms with E-state index in [4.69, 9.17) is 10.5 Å². The van der Waals surface area contributed by atoms with E-state index in [2.05, 4.69) is 24.3 Å². The summed E-state index contributed by atoms with van der Waals surface area (Å²) in [5, 5.41) is 0. The average Bonchev–Trinajstić information content (AvgIpc) is 2.66. The van der Waals surface area contributed by atoms with Crippen LogP contribution in [0.2, 0.25) is 0 Å². The summed E-state index contributed by atoms with van der Waals surface area (Å²) in [4.78, 5) is 14.9. The first kappa shape index (κ1) is 17.0. The van der Waals surface area contributed by atoms with Gasteiger partial charge in [-0.2, -0.15) is 0 Å². The molecule has 0 aromatic heterocycles. The lowest BCUT2D eigenvalue weighted by molar-refractivity contribution is -0.138. The molecule has 1 aliphatic carbocycles. The highest BCUT2D eigenvalue weighted by atomic mass is 16.5. The number of ether oxygens (including phenoxy) is 1. The molecule has 136 valence electrons. The van der Waals surface area contributed by atoms with Gasteiger partial charge in [0.25, 0.3) is 0 Å². The molecule has 1 aromatic rings. The van der Waals surface area contributed by atoms with Gasteiger partial charge < -0.3 is 15.4 Å². The number of nitrogens with two attached hydrogens (primary N) is 1. The first-order valence-corrected chi connectivity index (χ1v) is 9.97. The van der Waals surface area contributed by atoms with Gasteiger partial charge in [0.15, 0.2) is 0 Å². The second kappa shape index (κ2) is 7.46. The monoisotopic (exact) mass is 342 g/mol. The standard InChI is InChI=1S/C21H30N2O2/c22-19-6-3-13-23-20(19)14-25-17-10-7-16(8-11-17)18-5-2-1-4-15(18)9-12-21(23)24/h1-2,4-5,16-17,19-20H,3,6-14,22H2/t16?,17?,19-,20-/m0/s1. The maximum atomic E-state index is 12.9. The molecule has 2 bridgehead atoms. The molecular weight excluding hydrogens is 312 g/mol. The fourth-order valence-electron chi connectivity index (χ4n) is 4.93. The Morgan fingerprint density at radius 3 is 2.68 bits per heavy atom. The zero-order valence-corrected chi connectivity index (χ0v) is 15.0. The zero-order chi connectivity index (χ0) is 17.2. The summed E-state index contributed by atoms with van der Waals surface area (Å²) in [6, 6.07) is 8.83. The minimum Gasteiger partial charge on any atom is -0.376 e. The summed E-state index contributed by atoms with van der Waals surface area (Å²) in [5.74, 6) is 0.863. The lowest BCUT2D eigenvalue weighted by atomic mass is 9.80. The van der Waals surface area contributed by atoms with Crippen LogP contribution in [-0.2, 0) is 16.0 Å². The normalized spacial score (nSPS) is 33.6. The van der Waals surface area contributed by atoms with E-state index < -0.39 is 0 Å². The molecule has 1 aromatic carbocycles. The Morgan fingerprint density at radius 1 is 1.04 bits per heavy atom. The minimum absolute atomic E-state index is 0.0476. The van der Waals surface area contributed by atoms with Crippen molar-refractivity contribution in [2.45, 2.75) is 75.5 Å². The number of aryl methyl sites for hydroxylation is 1. The third-order valence-electron chi connectivity index (χ3n) is 6.43. The Hall–Kier alpha value is -1.39. The van der Waals surface area contributed by atoms with E-state index >= 15 is 0 Å². The number of hydrogen-bond acceptors (Lipinski definition) is 3. The van der Waals surface area contributed by atoms with Crippen molar-refractivity contribution in [2.75, 3.05) is 13.2 Å². The van der Waals surface area contributed by atoms with Gasteiger partial charge in [0.1, 0.15) is 0 Å². The van der Waals surface area contributed by atoms with Crippen LogP contribution in [0.1, 0.15) is 62.0 Å². The van der Waals surface area contributed by atoms with Crippen molar-refractivity contribution in [1.29, 1.82) is 0 Å². The first-order valence-electron chi connectivity index (χ1n) is 9.97. The molecule has 5 rings (SSSR count). The molecule has 3 aliphatic heterocycles. The fourth-order valence-corrected chi connectivity index (χ4v) is 4.93. The van der Waals surface area contributed by atoms with Crippen molar-refractivity contribution in [3.63, 3.8) is 0 Å². The van der Waals surface area contributed by atoms with Crippen LogP contribution in [0, 0.1) is 0 Å². The van der Waals surface area contributed by atoms with Gasteiger partial charge in [-0.05, 0) is 62.0 Å². The molecular formula is C21H30N2O2. The zero-order valence-electron chi connectivity index (χ0n) is 15.0. The van der Waals surface area contributed by atoms with Crippen molar-refractivity contribution in [2.24, 2.45) is 5.73 Å².